The average Bonchev–Trinajstić information content (AvgIpc) is 3.31. The van der Waals surface area contributed by atoms with E-state index in [0.29, 0.717) is 29.4 Å². The van der Waals surface area contributed by atoms with Crippen molar-refractivity contribution in [3.8, 4) is 0 Å². The number of amides is 1. The van der Waals surface area contributed by atoms with Gasteiger partial charge in [-0.3, -0.25) is 9.59 Å². The minimum Gasteiger partial charge on any atom is -0.872 e. The van der Waals surface area contributed by atoms with Gasteiger partial charge in [0.2, 0.25) is 5.78 Å². The largest absolute Gasteiger partial charge is 0.872 e. The van der Waals surface area contributed by atoms with Crippen molar-refractivity contribution in [2.75, 3.05) is 26.2 Å². The Balaban J connectivity index is 2.03. The standard InChI is InChI=1S/C21H23ClN2O4/c1-3-23(4-2)11-12-24-18(16-6-5-13-28-16)17(20(26)21(24)27)19(25)14-7-9-15(22)10-8-14/h5-10,13,18,25H,3-4,11-12H2,1-2H3. The summed E-state index contributed by atoms with van der Waals surface area (Å²) < 4.78 is 5.49. The summed E-state index contributed by atoms with van der Waals surface area (Å²) >= 11 is 5.89. The summed E-state index contributed by atoms with van der Waals surface area (Å²) in [6.45, 7) is 7.02. The number of rotatable bonds is 7. The second kappa shape index (κ2) is 8.63. The van der Waals surface area contributed by atoms with Gasteiger partial charge in [0.1, 0.15) is 11.8 Å². The quantitative estimate of drug-likeness (QED) is 0.427. The molecule has 0 radical (unpaired) electrons. The maximum atomic E-state index is 13.1. The van der Waals surface area contributed by atoms with Gasteiger partial charge in [0.15, 0.2) is 0 Å². The maximum Gasteiger partial charge on any atom is 0.295 e. The van der Waals surface area contributed by atoms with E-state index in [9.17, 15) is 14.7 Å². The minimum atomic E-state index is -0.812. The van der Waals surface area contributed by atoms with E-state index in [-0.39, 0.29) is 5.57 Å². The van der Waals surface area contributed by atoms with Crippen LogP contribution in [0.15, 0.2) is 52.7 Å². The van der Waals surface area contributed by atoms with Crippen molar-refractivity contribution in [3.05, 3.63) is 64.6 Å². The molecule has 1 atom stereocenters. The number of nitrogens with zero attached hydrogens (tertiary/aromatic N) is 1. The maximum absolute atomic E-state index is 13.1. The Labute approximate surface area is 169 Å². The van der Waals surface area contributed by atoms with Gasteiger partial charge in [-0.25, -0.2) is 0 Å². The molecule has 6 nitrogen and oxygen atoms in total. The molecule has 0 spiro atoms. The van der Waals surface area contributed by atoms with Crippen LogP contribution in [0.1, 0.15) is 31.2 Å². The number of nitrogens with one attached hydrogen (secondary N) is 1. The number of quaternary nitrogens is 1. The Morgan fingerprint density at radius 1 is 1.18 bits per heavy atom. The first kappa shape index (κ1) is 20.2. The van der Waals surface area contributed by atoms with Crippen LogP contribution >= 0.6 is 11.6 Å². The van der Waals surface area contributed by atoms with Gasteiger partial charge >= 0.3 is 0 Å². The summed E-state index contributed by atoms with van der Waals surface area (Å²) in [5.41, 5.74) is 0.241. The zero-order chi connectivity index (χ0) is 20.3. The Morgan fingerprint density at radius 2 is 1.86 bits per heavy atom. The number of benzene rings is 1. The normalized spacial score (nSPS) is 19.0. The fourth-order valence-electron chi connectivity index (χ4n) is 3.48. The molecule has 1 unspecified atom stereocenters. The highest BCUT2D eigenvalue weighted by atomic mass is 35.5. The number of hydrogen-bond acceptors (Lipinski definition) is 4. The molecule has 1 aliphatic heterocycles. The molecule has 0 bridgehead atoms. The summed E-state index contributed by atoms with van der Waals surface area (Å²) in [5.74, 6) is -1.50. The van der Waals surface area contributed by atoms with Crippen LogP contribution in [0.3, 0.4) is 0 Å². The third-order valence-electron chi connectivity index (χ3n) is 5.15. The SMILES string of the molecule is CC[NH+](CC)CCN1C(=O)C(=O)C(=C([O-])c2ccc(Cl)cc2)C1c1ccco1. The lowest BCUT2D eigenvalue weighted by Gasteiger charge is -2.26. The molecule has 1 N–H and O–H groups in total. The van der Waals surface area contributed by atoms with Crippen LogP contribution in [0, 0.1) is 0 Å². The van der Waals surface area contributed by atoms with E-state index in [4.69, 9.17) is 16.0 Å². The highest BCUT2D eigenvalue weighted by Crippen LogP contribution is 2.38. The fraction of sp³-hybridized carbons (Fsp3) is 0.333. The molecule has 0 aliphatic carbocycles. The van der Waals surface area contributed by atoms with Crippen molar-refractivity contribution in [2.45, 2.75) is 19.9 Å². The van der Waals surface area contributed by atoms with Gasteiger partial charge in [-0.1, -0.05) is 29.5 Å². The predicted molar refractivity (Wildman–Crippen MR) is 103 cm³/mol. The van der Waals surface area contributed by atoms with E-state index >= 15 is 0 Å². The number of likely N-dealkylation sites (tertiary alicyclic amines) is 1. The summed E-state index contributed by atoms with van der Waals surface area (Å²) in [7, 11) is 0. The highest BCUT2D eigenvalue weighted by Gasteiger charge is 2.45. The zero-order valence-corrected chi connectivity index (χ0v) is 16.7. The number of likely N-dealkylation sites (N-methyl/N-ethyl adjacent to an activating group) is 1. The molecule has 7 heteroatoms. The number of Topliss-reactive ketones (excluding diaryl/α,β-unsaturated/α-hetero) is 1. The van der Waals surface area contributed by atoms with Crippen LogP contribution in [0.25, 0.3) is 5.76 Å². The molecule has 28 heavy (non-hydrogen) atoms. The van der Waals surface area contributed by atoms with Crippen molar-refractivity contribution >= 4 is 29.1 Å². The third-order valence-corrected chi connectivity index (χ3v) is 5.41. The van der Waals surface area contributed by atoms with Crippen molar-refractivity contribution < 1.29 is 24.0 Å². The van der Waals surface area contributed by atoms with E-state index in [1.54, 1.807) is 36.4 Å². The van der Waals surface area contributed by atoms with E-state index in [1.807, 2.05) is 0 Å². The molecule has 0 saturated carbocycles. The van der Waals surface area contributed by atoms with Crippen LogP contribution in [0.2, 0.25) is 5.02 Å². The molecule has 1 aromatic heterocycles. The third kappa shape index (κ3) is 3.84. The van der Waals surface area contributed by atoms with Crippen molar-refractivity contribution in [3.63, 3.8) is 0 Å². The molecule has 2 heterocycles. The monoisotopic (exact) mass is 402 g/mol. The van der Waals surface area contributed by atoms with Gasteiger partial charge in [0.05, 0.1) is 32.4 Å². The molecule has 148 valence electrons. The molecule has 1 fully saturated rings. The fourth-order valence-corrected chi connectivity index (χ4v) is 3.61. The van der Waals surface area contributed by atoms with Gasteiger partial charge in [-0.05, 0) is 43.7 Å². The molecule has 1 amide bonds. The van der Waals surface area contributed by atoms with Crippen molar-refractivity contribution in [2.24, 2.45) is 0 Å². The van der Waals surface area contributed by atoms with Gasteiger partial charge < -0.3 is 19.3 Å². The van der Waals surface area contributed by atoms with E-state index < -0.39 is 23.5 Å². The van der Waals surface area contributed by atoms with Gasteiger partial charge in [-0.2, -0.15) is 0 Å². The lowest BCUT2D eigenvalue weighted by atomic mass is 9.99. The summed E-state index contributed by atoms with van der Waals surface area (Å²) in [6, 6.07) is 8.83. The first-order valence-corrected chi connectivity index (χ1v) is 9.75. The molecule has 1 aromatic carbocycles. The van der Waals surface area contributed by atoms with Crippen LogP contribution < -0.4 is 10.0 Å². The number of hydrogen-bond donors (Lipinski definition) is 1. The number of halogens is 1. The van der Waals surface area contributed by atoms with Gasteiger partial charge in [0.25, 0.3) is 5.91 Å². The van der Waals surface area contributed by atoms with Crippen LogP contribution in [0.5, 0.6) is 0 Å². The van der Waals surface area contributed by atoms with E-state index in [0.717, 1.165) is 13.1 Å². The first-order chi connectivity index (χ1) is 13.5. The second-order valence-electron chi connectivity index (χ2n) is 6.70. The number of ketones is 1. The Morgan fingerprint density at radius 3 is 2.43 bits per heavy atom. The molecule has 3 rings (SSSR count). The van der Waals surface area contributed by atoms with Crippen molar-refractivity contribution in [1.29, 1.82) is 0 Å². The van der Waals surface area contributed by atoms with Gasteiger partial charge in [0, 0.05) is 10.6 Å². The minimum absolute atomic E-state index is 0.0724. The molecular formula is C21H23ClN2O4. The summed E-state index contributed by atoms with van der Waals surface area (Å²) in [5, 5.41) is 13.6. The van der Waals surface area contributed by atoms with Gasteiger partial charge in [-0.15, -0.1) is 0 Å². The van der Waals surface area contributed by atoms with E-state index in [1.165, 1.54) is 16.1 Å². The summed E-state index contributed by atoms with van der Waals surface area (Å²) in [4.78, 5) is 28.3. The smallest absolute Gasteiger partial charge is 0.295 e. The molecule has 1 aliphatic rings. The number of furan rings is 1. The lowest BCUT2D eigenvalue weighted by Crippen LogP contribution is -3.12. The first-order valence-electron chi connectivity index (χ1n) is 9.37. The Hall–Kier alpha value is -2.57. The predicted octanol–water partition coefficient (Wildman–Crippen LogP) is 1.08. The number of carbonyl (C=O) groups excluding carboxylic acids is 2. The molecule has 1 saturated heterocycles. The molecular weight excluding hydrogens is 380 g/mol. The average molecular weight is 403 g/mol. The zero-order valence-electron chi connectivity index (χ0n) is 15.9. The summed E-state index contributed by atoms with van der Waals surface area (Å²) in [6.07, 6.45) is 1.47. The second-order valence-corrected chi connectivity index (χ2v) is 7.14. The Kier molecular flexibility index (Phi) is 6.21. The van der Waals surface area contributed by atoms with E-state index in [2.05, 4.69) is 13.8 Å². The molecule has 2 aromatic rings. The van der Waals surface area contributed by atoms with Crippen LogP contribution in [-0.2, 0) is 9.59 Å². The van der Waals surface area contributed by atoms with Crippen molar-refractivity contribution in [1.82, 2.24) is 4.90 Å². The lowest BCUT2D eigenvalue weighted by molar-refractivity contribution is -0.895. The number of carbonyl (C=O) groups is 2. The topological polar surface area (TPSA) is 78.0 Å². The van der Waals surface area contributed by atoms with Crippen LogP contribution in [-0.4, -0.2) is 42.8 Å². The van der Waals surface area contributed by atoms with Crippen LogP contribution in [0.4, 0.5) is 0 Å². The highest BCUT2D eigenvalue weighted by molar-refractivity contribution is 6.46. The Bertz CT molecular complexity index is 870.